The molecular weight excluding hydrogens is 265 g/mol. The summed E-state index contributed by atoms with van der Waals surface area (Å²) >= 11 is 0. The fourth-order valence-electron chi connectivity index (χ4n) is 1.46. The molecule has 1 heterocycles. The van der Waals surface area contributed by atoms with Crippen LogP contribution >= 0.6 is 0 Å². The number of hydrogen-bond donors (Lipinski definition) is 1. The van der Waals surface area contributed by atoms with Gasteiger partial charge >= 0.3 is 5.97 Å². The van der Waals surface area contributed by atoms with E-state index >= 15 is 0 Å². The molecule has 0 spiro atoms. The standard InChI is InChI=1S/C14H12FNO4/c1-9-4-5-10(7-11(9)15)16-13(17)8-20-14(18)12-3-2-6-19-12/h2-7H,8H2,1H3,(H,16,17). The van der Waals surface area contributed by atoms with Crippen LogP contribution in [-0.2, 0) is 9.53 Å². The highest BCUT2D eigenvalue weighted by atomic mass is 19.1. The number of carbonyl (C=O) groups excluding carboxylic acids is 2. The second-order valence-electron chi connectivity index (χ2n) is 4.07. The summed E-state index contributed by atoms with van der Waals surface area (Å²) in [5.74, 6) is -1.71. The molecule has 2 rings (SSSR count). The summed E-state index contributed by atoms with van der Waals surface area (Å²) in [5.41, 5.74) is 0.777. The topological polar surface area (TPSA) is 68.5 Å². The van der Waals surface area contributed by atoms with Crippen molar-refractivity contribution in [2.45, 2.75) is 6.92 Å². The average molecular weight is 277 g/mol. The fourth-order valence-corrected chi connectivity index (χ4v) is 1.46. The molecule has 2 aromatic rings. The minimum Gasteiger partial charge on any atom is -0.457 e. The molecule has 0 aliphatic rings. The molecule has 1 aromatic carbocycles. The number of hydrogen-bond acceptors (Lipinski definition) is 4. The van der Waals surface area contributed by atoms with Crippen LogP contribution in [0, 0.1) is 12.7 Å². The predicted molar refractivity (Wildman–Crippen MR) is 68.8 cm³/mol. The first kappa shape index (κ1) is 13.8. The largest absolute Gasteiger partial charge is 0.457 e. The van der Waals surface area contributed by atoms with Crippen LogP contribution in [0.15, 0.2) is 41.0 Å². The van der Waals surface area contributed by atoms with Crippen molar-refractivity contribution >= 4 is 17.6 Å². The van der Waals surface area contributed by atoms with Crippen molar-refractivity contribution in [2.75, 3.05) is 11.9 Å². The van der Waals surface area contributed by atoms with E-state index in [1.165, 1.54) is 24.5 Å². The number of ether oxygens (including phenoxy) is 1. The van der Waals surface area contributed by atoms with Crippen LogP contribution in [0.1, 0.15) is 16.1 Å². The number of amides is 1. The third kappa shape index (κ3) is 3.44. The molecule has 0 aliphatic heterocycles. The van der Waals surface area contributed by atoms with E-state index in [1.54, 1.807) is 19.1 Å². The Morgan fingerprint density at radius 2 is 2.15 bits per heavy atom. The molecule has 1 amide bonds. The third-order valence-corrected chi connectivity index (χ3v) is 2.51. The first-order valence-electron chi connectivity index (χ1n) is 5.83. The Kier molecular flexibility index (Phi) is 4.14. The van der Waals surface area contributed by atoms with E-state index in [0.717, 1.165) is 0 Å². The Labute approximate surface area is 114 Å². The first-order valence-corrected chi connectivity index (χ1v) is 5.83. The van der Waals surface area contributed by atoms with Gasteiger partial charge in [-0.15, -0.1) is 0 Å². The predicted octanol–water partition coefficient (Wildman–Crippen LogP) is 2.52. The van der Waals surface area contributed by atoms with Gasteiger partial charge in [-0.2, -0.15) is 0 Å². The average Bonchev–Trinajstić information content (AvgIpc) is 2.94. The summed E-state index contributed by atoms with van der Waals surface area (Å²) in [7, 11) is 0. The summed E-state index contributed by atoms with van der Waals surface area (Å²) in [6, 6.07) is 7.26. The number of benzene rings is 1. The molecule has 6 heteroatoms. The van der Waals surface area contributed by atoms with Gasteiger partial charge in [0.15, 0.2) is 6.61 Å². The van der Waals surface area contributed by atoms with Gasteiger partial charge in [-0.25, -0.2) is 9.18 Å². The highest BCUT2D eigenvalue weighted by molar-refractivity contribution is 5.94. The normalized spacial score (nSPS) is 10.1. The quantitative estimate of drug-likeness (QED) is 0.872. The minimum absolute atomic E-state index is 0.0131. The number of rotatable bonds is 4. The van der Waals surface area contributed by atoms with Gasteiger partial charge in [0.1, 0.15) is 5.82 Å². The zero-order valence-electron chi connectivity index (χ0n) is 10.7. The van der Waals surface area contributed by atoms with E-state index < -0.39 is 24.3 Å². The number of furan rings is 1. The molecular formula is C14H12FNO4. The maximum Gasteiger partial charge on any atom is 0.374 e. The van der Waals surface area contributed by atoms with Crippen molar-refractivity contribution in [3.05, 3.63) is 53.7 Å². The molecule has 104 valence electrons. The monoisotopic (exact) mass is 277 g/mol. The van der Waals surface area contributed by atoms with E-state index in [2.05, 4.69) is 5.32 Å². The van der Waals surface area contributed by atoms with E-state index in [9.17, 15) is 14.0 Å². The maximum absolute atomic E-state index is 13.3. The van der Waals surface area contributed by atoms with Crippen LogP contribution in [0.4, 0.5) is 10.1 Å². The van der Waals surface area contributed by atoms with Gasteiger partial charge in [0, 0.05) is 5.69 Å². The van der Waals surface area contributed by atoms with Crippen LogP contribution in [0.2, 0.25) is 0 Å². The van der Waals surface area contributed by atoms with Gasteiger partial charge in [0.2, 0.25) is 5.76 Å². The molecule has 20 heavy (non-hydrogen) atoms. The summed E-state index contributed by atoms with van der Waals surface area (Å²) in [5, 5.41) is 2.42. The third-order valence-electron chi connectivity index (χ3n) is 2.51. The van der Waals surface area contributed by atoms with Gasteiger partial charge in [-0.1, -0.05) is 6.07 Å². The molecule has 0 atom stereocenters. The highest BCUT2D eigenvalue weighted by Gasteiger charge is 2.12. The molecule has 0 fully saturated rings. The van der Waals surface area contributed by atoms with Crippen LogP contribution in [-0.4, -0.2) is 18.5 Å². The number of carbonyl (C=O) groups is 2. The molecule has 0 aliphatic carbocycles. The minimum atomic E-state index is -0.736. The fraction of sp³-hybridized carbons (Fsp3) is 0.143. The number of esters is 1. The van der Waals surface area contributed by atoms with E-state index in [4.69, 9.17) is 9.15 Å². The number of nitrogens with one attached hydrogen (secondary N) is 1. The van der Waals surface area contributed by atoms with Crippen molar-refractivity contribution in [1.82, 2.24) is 0 Å². The smallest absolute Gasteiger partial charge is 0.374 e. The van der Waals surface area contributed by atoms with Gasteiger partial charge in [0.25, 0.3) is 5.91 Å². The molecule has 1 aromatic heterocycles. The Bertz CT molecular complexity index is 622. The Morgan fingerprint density at radius 1 is 1.35 bits per heavy atom. The SMILES string of the molecule is Cc1ccc(NC(=O)COC(=O)c2ccco2)cc1F. The van der Waals surface area contributed by atoms with Crippen LogP contribution < -0.4 is 5.32 Å². The van der Waals surface area contributed by atoms with Gasteiger partial charge < -0.3 is 14.5 Å². The number of aryl methyl sites for hydroxylation is 1. The zero-order chi connectivity index (χ0) is 14.5. The number of anilines is 1. The van der Waals surface area contributed by atoms with Gasteiger partial charge in [-0.3, -0.25) is 4.79 Å². The highest BCUT2D eigenvalue weighted by Crippen LogP contribution is 2.13. The van der Waals surface area contributed by atoms with Crippen molar-refractivity contribution in [3.8, 4) is 0 Å². The van der Waals surface area contributed by atoms with Crippen molar-refractivity contribution < 1.29 is 23.1 Å². The van der Waals surface area contributed by atoms with E-state index in [0.29, 0.717) is 11.3 Å². The lowest BCUT2D eigenvalue weighted by Crippen LogP contribution is -2.20. The van der Waals surface area contributed by atoms with Crippen LogP contribution in [0.5, 0.6) is 0 Å². The Balaban J connectivity index is 1.86. The maximum atomic E-state index is 13.3. The molecule has 0 saturated heterocycles. The second-order valence-corrected chi connectivity index (χ2v) is 4.07. The molecule has 1 N–H and O–H groups in total. The van der Waals surface area contributed by atoms with Crippen molar-refractivity contribution in [3.63, 3.8) is 0 Å². The molecule has 0 bridgehead atoms. The summed E-state index contributed by atoms with van der Waals surface area (Å²) in [6.07, 6.45) is 1.33. The van der Waals surface area contributed by atoms with Crippen LogP contribution in [0.25, 0.3) is 0 Å². The van der Waals surface area contributed by atoms with Gasteiger partial charge in [-0.05, 0) is 36.8 Å². The molecule has 0 unspecified atom stereocenters. The summed E-state index contributed by atoms with van der Waals surface area (Å²) < 4.78 is 22.8. The lowest BCUT2D eigenvalue weighted by molar-refractivity contribution is -0.119. The van der Waals surface area contributed by atoms with Crippen molar-refractivity contribution in [2.24, 2.45) is 0 Å². The van der Waals surface area contributed by atoms with Gasteiger partial charge in [0.05, 0.1) is 6.26 Å². The van der Waals surface area contributed by atoms with E-state index in [1.807, 2.05) is 0 Å². The lowest BCUT2D eigenvalue weighted by Gasteiger charge is -2.06. The lowest BCUT2D eigenvalue weighted by atomic mass is 10.2. The summed E-state index contributed by atoms with van der Waals surface area (Å²) in [6.45, 7) is 1.14. The van der Waals surface area contributed by atoms with E-state index in [-0.39, 0.29) is 5.76 Å². The second kappa shape index (κ2) is 6.01. The summed E-state index contributed by atoms with van der Waals surface area (Å²) in [4.78, 5) is 22.9. The number of halogens is 1. The first-order chi connectivity index (χ1) is 9.56. The Morgan fingerprint density at radius 3 is 2.80 bits per heavy atom. The van der Waals surface area contributed by atoms with Crippen molar-refractivity contribution in [1.29, 1.82) is 0 Å². The van der Waals surface area contributed by atoms with Crippen LogP contribution in [0.3, 0.4) is 0 Å². The molecule has 5 nitrogen and oxygen atoms in total. The zero-order valence-corrected chi connectivity index (χ0v) is 10.7. The molecule has 0 saturated carbocycles. The molecule has 0 radical (unpaired) electrons. The Hall–Kier alpha value is -2.63.